The number of pyridine rings is 1. The molecule has 1 aliphatic rings. The number of hydrogen-bond acceptors (Lipinski definition) is 3. The maximum Gasteiger partial charge on any atom is 0.417 e. The van der Waals surface area contributed by atoms with Crippen LogP contribution in [0, 0.1) is 11.6 Å². The number of nitrogens with one attached hydrogen (secondary N) is 1. The zero-order valence-electron chi connectivity index (χ0n) is 16.8. The van der Waals surface area contributed by atoms with Crippen LogP contribution >= 0.6 is 0 Å². The number of nitrogens with zero attached hydrogens (tertiary/aromatic N) is 1. The summed E-state index contributed by atoms with van der Waals surface area (Å²) in [5.74, 6) is -3.11. The number of amides is 1. The van der Waals surface area contributed by atoms with Gasteiger partial charge in [0.2, 0.25) is 0 Å². The van der Waals surface area contributed by atoms with E-state index in [1.807, 2.05) is 0 Å². The van der Waals surface area contributed by atoms with Crippen LogP contribution in [0.15, 0.2) is 48.5 Å². The highest BCUT2D eigenvalue weighted by Gasteiger charge is 2.37. The van der Waals surface area contributed by atoms with Crippen LogP contribution in [-0.4, -0.2) is 16.6 Å². The van der Waals surface area contributed by atoms with Crippen LogP contribution < -0.4 is 11.1 Å². The van der Waals surface area contributed by atoms with Gasteiger partial charge in [0, 0.05) is 22.6 Å². The van der Waals surface area contributed by atoms with E-state index in [0.717, 1.165) is 24.3 Å². The first-order chi connectivity index (χ1) is 15.1. The fourth-order valence-corrected chi connectivity index (χ4v) is 4.13. The van der Waals surface area contributed by atoms with Crippen LogP contribution in [0.25, 0.3) is 10.9 Å². The molecule has 0 radical (unpaired) electrons. The van der Waals surface area contributed by atoms with E-state index < -0.39 is 34.9 Å². The van der Waals surface area contributed by atoms with E-state index in [1.165, 1.54) is 12.1 Å². The van der Waals surface area contributed by atoms with Crippen molar-refractivity contribution in [3.63, 3.8) is 0 Å². The molecule has 1 aliphatic carbocycles. The van der Waals surface area contributed by atoms with Crippen molar-refractivity contribution in [3.05, 3.63) is 77.0 Å². The normalized spacial score (nSPS) is 21.5. The molecule has 0 spiro atoms. The van der Waals surface area contributed by atoms with Crippen molar-refractivity contribution in [2.75, 3.05) is 0 Å². The van der Waals surface area contributed by atoms with Gasteiger partial charge in [0.25, 0.3) is 5.91 Å². The molecule has 32 heavy (non-hydrogen) atoms. The number of alkyl halides is 3. The largest absolute Gasteiger partial charge is 0.417 e. The Kier molecular flexibility index (Phi) is 5.62. The Bertz CT molecular complexity index is 1170. The summed E-state index contributed by atoms with van der Waals surface area (Å²) in [5, 5.41) is 2.69. The lowest BCUT2D eigenvalue weighted by atomic mass is 9.80. The molecule has 1 aromatic heterocycles. The Balaban J connectivity index is 1.51. The molecule has 0 atom stereocenters. The Morgan fingerprint density at radius 3 is 2.38 bits per heavy atom. The van der Waals surface area contributed by atoms with E-state index in [9.17, 15) is 26.7 Å². The van der Waals surface area contributed by atoms with Crippen LogP contribution in [0.2, 0.25) is 0 Å². The summed E-state index contributed by atoms with van der Waals surface area (Å²) >= 11 is 0. The number of halogens is 5. The number of carbonyl (C=O) groups excluding carboxylic acids is 1. The molecule has 4 rings (SSSR count). The third kappa shape index (κ3) is 4.43. The topological polar surface area (TPSA) is 68.0 Å². The summed E-state index contributed by atoms with van der Waals surface area (Å²) in [4.78, 5) is 16.9. The minimum atomic E-state index is -4.51. The molecule has 0 saturated heterocycles. The highest BCUT2D eigenvalue weighted by molar-refractivity contribution is 5.94. The summed E-state index contributed by atoms with van der Waals surface area (Å²) in [6.45, 7) is 0. The number of para-hydroxylation sites is 1. The van der Waals surface area contributed by atoms with Gasteiger partial charge in [-0.25, -0.2) is 8.78 Å². The third-order valence-corrected chi connectivity index (χ3v) is 5.88. The maximum atomic E-state index is 13.6. The van der Waals surface area contributed by atoms with Gasteiger partial charge in [-0.05, 0) is 56.0 Å². The first kappa shape index (κ1) is 22.1. The van der Waals surface area contributed by atoms with Crippen LogP contribution in [-0.2, 0) is 6.18 Å². The van der Waals surface area contributed by atoms with Gasteiger partial charge >= 0.3 is 6.18 Å². The molecule has 1 amide bonds. The van der Waals surface area contributed by atoms with Gasteiger partial charge in [-0.15, -0.1) is 0 Å². The number of carbonyl (C=O) groups is 1. The molecular weight excluding hydrogens is 429 g/mol. The number of nitrogens with two attached hydrogens (primary N) is 1. The summed E-state index contributed by atoms with van der Waals surface area (Å²) < 4.78 is 67.3. The minimum absolute atomic E-state index is 0.0477. The lowest BCUT2D eigenvalue weighted by molar-refractivity contribution is -0.136. The van der Waals surface area contributed by atoms with E-state index >= 15 is 0 Å². The number of hydrogen-bond donors (Lipinski definition) is 2. The van der Waals surface area contributed by atoms with E-state index in [2.05, 4.69) is 10.3 Å². The summed E-state index contributed by atoms with van der Waals surface area (Å²) in [7, 11) is 0. The molecule has 1 heterocycles. The monoisotopic (exact) mass is 449 g/mol. The molecule has 1 saturated carbocycles. The van der Waals surface area contributed by atoms with Crippen molar-refractivity contribution in [2.45, 2.75) is 43.4 Å². The van der Waals surface area contributed by atoms with Gasteiger partial charge in [0.05, 0.1) is 16.7 Å². The molecule has 0 bridgehead atoms. The molecule has 0 unspecified atom stereocenters. The number of fused-ring (bicyclic) bond motifs is 1. The second-order valence-corrected chi connectivity index (χ2v) is 8.12. The maximum absolute atomic E-state index is 13.6. The fourth-order valence-electron chi connectivity index (χ4n) is 4.13. The predicted octanol–water partition coefficient (Wildman–Crippen LogP) is 5.27. The van der Waals surface area contributed by atoms with Crippen LogP contribution in [0.3, 0.4) is 0 Å². The molecule has 3 N–H and O–H groups in total. The summed E-state index contributed by atoms with van der Waals surface area (Å²) in [6.07, 6.45) is -3.09. The van der Waals surface area contributed by atoms with Crippen molar-refractivity contribution in [2.24, 2.45) is 5.73 Å². The molecular formula is C23H20F5N3O. The van der Waals surface area contributed by atoms with Crippen molar-refractivity contribution in [1.29, 1.82) is 0 Å². The summed E-state index contributed by atoms with van der Waals surface area (Å²) in [6, 6.07) is 10.0. The third-order valence-electron chi connectivity index (χ3n) is 5.88. The highest BCUT2D eigenvalue weighted by atomic mass is 19.4. The molecule has 168 valence electrons. The van der Waals surface area contributed by atoms with Gasteiger partial charge < -0.3 is 11.1 Å². The van der Waals surface area contributed by atoms with Crippen LogP contribution in [0.5, 0.6) is 0 Å². The second kappa shape index (κ2) is 8.12. The lowest BCUT2D eigenvalue weighted by Crippen LogP contribution is -2.57. The zero-order valence-corrected chi connectivity index (χ0v) is 16.8. The Hall–Kier alpha value is -3.07. The van der Waals surface area contributed by atoms with Crippen molar-refractivity contribution < 1.29 is 26.7 Å². The Morgan fingerprint density at radius 2 is 1.72 bits per heavy atom. The van der Waals surface area contributed by atoms with E-state index in [-0.39, 0.29) is 22.4 Å². The van der Waals surface area contributed by atoms with E-state index in [4.69, 9.17) is 5.73 Å². The van der Waals surface area contributed by atoms with Crippen molar-refractivity contribution >= 4 is 16.8 Å². The number of benzene rings is 2. The standard InChI is InChI=1S/C23H20F5N3O/c24-17-6-5-14(11-18(17)25)21(32)31-22(29)9-7-13(8-10-22)20-12-16(23(26,27)28)15-3-1-2-4-19(15)30-20/h1-6,11-13H,7-10,29H2,(H,31,32). The summed E-state index contributed by atoms with van der Waals surface area (Å²) in [5.41, 5.74) is 5.00. The van der Waals surface area contributed by atoms with Gasteiger partial charge in [-0.2, -0.15) is 13.2 Å². The number of aromatic nitrogens is 1. The highest BCUT2D eigenvalue weighted by Crippen LogP contribution is 2.40. The average Bonchev–Trinajstić information content (AvgIpc) is 2.74. The van der Waals surface area contributed by atoms with Crippen LogP contribution in [0.4, 0.5) is 22.0 Å². The van der Waals surface area contributed by atoms with Gasteiger partial charge in [0.15, 0.2) is 11.6 Å². The molecule has 0 aliphatic heterocycles. The number of rotatable bonds is 3. The average molecular weight is 449 g/mol. The van der Waals surface area contributed by atoms with Crippen LogP contribution in [0.1, 0.15) is 53.2 Å². The second-order valence-electron chi connectivity index (χ2n) is 8.12. The molecule has 9 heteroatoms. The fraction of sp³-hybridized carbons (Fsp3) is 0.304. The van der Waals surface area contributed by atoms with Crippen molar-refractivity contribution in [3.8, 4) is 0 Å². The molecule has 2 aromatic carbocycles. The smallest absolute Gasteiger partial charge is 0.334 e. The van der Waals surface area contributed by atoms with Gasteiger partial charge in [-0.3, -0.25) is 9.78 Å². The SMILES string of the molecule is NC1(NC(=O)c2ccc(F)c(F)c2)CCC(c2cc(C(F)(F)F)c3ccccc3n2)CC1. The predicted molar refractivity (Wildman–Crippen MR) is 109 cm³/mol. The zero-order chi connectivity index (χ0) is 23.1. The quantitative estimate of drug-likeness (QED) is 0.423. The molecule has 1 fully saturated rings. The van der Waals surface area contributed by atoms with E-state index in [0.29, 0.717) is 31.4 Å². The molecule has 4 nitrogen and oxygen atoms in total. The molecule has 3 aromatic rings. The first-order valence-corrected chi connectivity index (χ1v) is 10.1. The Morgan fingerprint density at radius 1 is 1.03 bits per heavy atom. The Labute approximate surface area is 180 Å². The lowest BCUT2D eigenvalue weighted by Gasteiger charge is -2.37. The van der Waals surface area contributed by atoms with E-state index in [1.54, 1.807) is 12.1 Å². The van der Waals surface area contributed by atoms with Gasteiger partial charge in [0.1, 0.15) is 0 Å². The minimum Gasteiger partial charge on any atom is -0.334 e. The van der Waals surface area contributed by atoms with Crippen molar-refractivity contribution in [1.82, 2.24) is 10.3 Å². The first-order valence-electron chi connectivity index (χ1n) is 10.1. The van der Waals surface area contributed by atoms with Gasteiger partial charge in [-0.1, -0.05) is 18.2 Å².